The van der Waals surface area contributed by atoms with Gasteiger partial charge in [-0.25, -0.2) is 4.98 Å². The van der Waals surface area contributed by atoms with Crippen LogP contribution in [0.2, 0.25) is 0 Å². The molecule has 0 unspecified atom stereocenters. The Hall–Kier alpha value is -2.09. The second-order valence-electron chi connectivity index (χ2n) is 5.88. The number of aromatic nitrogens is 1. The van der Waals surface area contributed by atoms with Gasteiger partial charge in [0.05, 0.1) is 5.56 Å². The minimum absolute atomic E-state index is 0.0174. The van der Waals surface area contributed by atoms with Gasteiger partial charge < -0.3 is 9.80 Å². The molecule has 1 aromatic heterocycles. The Morgan fingerprint density at radius 3 is 2.60 bits per heavy atom. The van der Waals surface area contributed by atoms with E-state index in [2.05, 4.69) is 9.88 Å². The van der Waals surface area contributed by atoms with Gasteiger partial charge in [-0.3, -0.25) is 4.79 Å². The first-order chi connectivity index (χ1) is 11.9. The maximum atomic E-state index is 12.7. The third-order valence-corrected chi connectivity index (χ3v) is 5.04. The molecule has 0 spiro atoms. The number of hydrogen-bond donors (Lipinski definition) is 0. The minimum atomic E-state index is -4.35. The second-order valence-corrected chi connectivity index (χ2v) is 6.75. The Morgan fingerprint density at radius 1 is 1.20 bits per heavy atom. The molecule has 1 amide bonds. The third kappa shape index (κ3) is 4.50. The summed E-state index contributed by atoms with van der Waals surface area (Å²) in [5.74, 6) is -0.0174. The number of nitrogens with zero attached hydrogens (tertiary/aromatic N) is 3. The van der Waals surface area contributed by atoms with E-state index < -0.39 is 11.7 Å². The SMILES string of the molecule is O=C(CCc1cccc(C(F)(F)F)c1)N1CCN(c2nccs2)CC1. The number of hydrogen-bond acceptors (Lipinski definition) is 4. The van der Waals surface area contributed by atoms with E-state index in [1.165, 1.54) is 6.07 Å². The number of carbonyl (C=O) groups is 1. The molecule has 1 aliphatic rings. The van der Waals surface area contributed by atoms with E-state index in [4.69, 9.17) is 0 Å². The van der Waals surface area contributed by atoms with E-state index >= 15 is 0 Å². The van der Waals surface area contributed by atoms with Crippen molar-refractivity contribution in [2.24, 2.45) is 0 Å². The van der Waals surface area contributed by atoms with E-state index in [9.17, 15) is 18.0 Å². The lowest BCUT2D eigenvalue weighted by Crippen LogP contribution is -2.48. The Morgan fingerprint density at radius 2 is 1.96 bits per heavy atom. The fraction of sp³-hybridized carbons (Fsp3) is 0.412. The van der Waals surface area contributed by atoms with Gasteiger partial charge in [0, 0.05) is 44.2 Å². The van der Waals surface area contributed by atoms with Crippen molar-refractivity contribution in [2.75, 3.05) is 31.1 Å². The molecule has 134 valence electrons. The van der Waals surface area contributed by atoms with E-state index in [-0.39, 0.29) is 12.3 Å². The van der Waals surface area contributed by atoms with Gasteiger partial charge in [0.25, 0.3) is 0 Å². The zero-order chi connectivity index (χ0) is 17.9. The van der Waals surface area contributed by atoms with Crippen LogP contribution in [0.5, 0.6) is 0 Å². The van der Waals surface area contributed by atoms with Gasteiger partial charge >= 0.3 is 6.18 Å². The van der Waals surface area contributed by atoms with Crippen LogP contribution < -0.4 is 4.90 Å². The molecule has 0 N–H and O–H groups in total. The van der Waals surface area contributed by atoms with Gasteiger partial charge in [0.2, 0.25) is 5.91 Å². The average Bonchev–Trinajstić information content (AvgIpc) is 3.14. The number of carbonyl (C=O) groups excluding carboxylic acids is 1. The number of benzene rings is 1. The standard InChI is InChI=1S/C17H18F3N3OS/c18-17(19,20)14-3-1-2-13(12-14)4-5-15(24)22-7-9-23(10-8-22)16-21-6-11-25-16/h1-3,6,11-12H,4-5,7-10H2. The summed E-state index contributed by atoms with van der Waals surface area (Å²) in [5.41, 5.74) is -0.140. The monoisotopic (exact) mass is 369 g/mol. The lowest BCUT2D eigenvalue weighted by atomic mass is 10.1. The van der Waals surface area contributed by atoms with E-state index in [0.29, 0.717) is 25.1 Å². The van der Waals surface area contributed by atoms with Crippen LogP contribution in [0.1, 0.15) is 17.5 Å². The molecule has 25 heavy (non-hydrogen) atoms. The van der Waals surface area contributed by atoms with Gasteiger partial charge in [-0.2, -0.15) is 13.2 Å². The van der Waals surface area contributed by atoms with Crippen molar-refractivity contribution in [1.82, 2.24) is 9.88 Å². The first-order valence-electron chi connectivity index (χ1n) is 8.02. The van der Waals surface area contributed by atoms with E-state index in [1.54, 1.807) is 28.5 Å². The molecule has 0 aliphatic carbocycles. The topological polar surface area (TPSA) is 36.4 Å². The van der Waals surface area contributed by atoms with Crippen molar-refractivity contribution < 1.29 is 18.0 Å². The third-order valence-electron chi connectivity index (χ3n) is 4.20. The second kappa shape index (κ2) is 7.43. The lowest BCUT2D eigenvalue weighted by molar-refractivity contribution is -0.137. The van der Waals surface area contributed by atoms with Crippen molar-refractivity contribution in [2.45, 2.75) is 19.0 Å². The molecule has 2 aromatic rings. The predicted octanol–water partition coefficient (Wildman–Crippen LogP) is 3.44. The number of piperazine rings is 1. The van der Waals surface area contributed by atoms with Crippen LogP contribution in [0.25, 0.3) is 0 Å². The maximum Gasteiger partial charge on any atom is 0.416 e. The molecule has 1 aromatic carbocycles. The Balaban J connectivity index is 1.50. The largest absolute Gasteiger partial charge is 0.416 e. The fourth-order valence-electron chi connectivity index (χ4n) is 2.83. The highest BCUT2D eigenvalue weighted by molar-refractivity contribution is 7.13. The van der Waals surface area contributed by atoms with E-state index in [1.807, 2.05) is 5.38 Å². The maximum absolute atomic E-state index is 12.7. The Labute approximate surface area is 147 Å². The molecule has 4 nitrogen and oxygen atoms in total. The van der Waals surface area contributed by atoms with Crippen LogP contribution in [0.4, 0.5) is 18.3 Å². The summed E-state index contributed by atoms with van der Waals surface area (Å²) in [5, 5.41) is 2.87. The summed E-state index contributed by atoms with van der Waals surface area (Å²) in [6.45, 7) is 2.67. The van der Waals surface area contributed by atoms with Gasteiger partial charge in [-0.15, -0.1) is 11.3 Å². The van der Waals surface area contributed by atoms with Crippen LogP contribution in [0.3, 0.4) is 0 Å². The van der Waals surface area contributed by atoms with Crippen LogP contribution in [0.15, 0.2) is 35.8 Å². The summed E-state index contributed by atoms with van der Waals surface area (Å²) >= 11 is 1.57. The van der Waals surface area contributed by atoms with Crippen LogP contribution in [-0.4, -0.2) is 42.0 Å². The van der Waals surface area contributed by atoms with Crippen molar-refractivity contribution in [3.05, 3.63) is 47.0 Å². The summed E-state index contributed by atoms with van der Waals surface area (Å²) in [6.07, 6.45) is -2.06. The molecule has 3 rings (SSSR count). The van der Waals surface area contributed by atoms with Gasteiger partial charge in [-0.1, -0.05) is 18.2 Å². The normalized spacial score (nSPS) is 15.5. The fourth-order valence-corrected chi connectivity index (χ4v) is 3.53. The molecule has 1 fully saturated rings. The number of amides is 1. The van der Waals surface area contributed by atoms with Crippen molar-refractivity contribution >= 4 is 22.4 Å². The highest BCUT2D eigenvalue weighted by atomic mass is 32.1. The Bertz CT molecular complexity index is 710. The predicted molar refractivity (Wildman–Crippen MR) is 90.7 cm³/mol. The molecule has 0 bridgehead atoms. The number of alkyl halides is 3. The number of anilines is 1. The van der Waals surface area contributed by atoms with Crippen molar-refractivity contribution in [3.63, 3.8) is 0 Å². The lowest BCUT2D eigenvalue weighted by Gasteiger charge is -2.34. The average molecular weight is 369 g/mol. The molecule has 0 saturated carbocycles. The zero-order valence-electron chi connectivity index (χ0n) is 13.5. The van der Waals surface area contributed by atoms with Gasteiger partial charge in [-0.05, 0) is 18.1 Å². The summed E-state index contributed by atoms with van der Waals surface area (Å²) in [7, 11) is 0. The number of thiazole rings is 1. The first-order valence-corrected chi connectivity index (χ1v) is 8.90. The molecular weight excluding hydrogens is 351 g/mol. The summed E-state index contributed by atoms with van der Waals surface area (Å²) in [6, 6.07) is 5.18. The summed E-state index contributed by atoms with van der Waals surface area (Å²) in [4.78, 5) is 20.5. The molecular formula is C17H18F3N3OS. The van der Waals surface area contributed by atoms with Crippen LogP contribution in [0, 0.1) is 0 Å². The molecule has 0 radical (unpaired) electrons. The van der Waals surface area contributed by atoms with Crippen molar-refractivity contribution in [3.8, 4) is 0 Å². The van der Waals surface area contributed by atoms with Crippen molar-refractivity contribution in [1.29, 1.82) is 0 Å². The quantitative estimate of drug-likeness (QED) is 0.828. The Kier molecular flexibility index (Phi) is 5.27. The number of rotatable bonds is 4. The number of halogens is 3. The molecule has 0 atom stereocenters. The summed E-state index contributed by atoms with van der Waals surface area (Å²) < 4.78 is 38.2. The van der Waals surface area contributed by atoms with E-state index in [0.717, 1.165) is 30.4 Å². The zero-order valence-corrected chi connectivity index (χ0v) is 14.3. The molecule has 2 heterocycles. The smallest absolute Gasteiger partial charge is 0.345 e. The molecule has 1 saturated heterocycles. The molecule has 1 aliphatic heterocycles. The molecule has 8 heteroatoms. The van der Waals surface area contributed by atoms with Gasteiger partial charge in [0.15, 0.2) is 5.13 Å². The number of aryl methyl sites for hydroxylation is 1. The minimum Gasteiger partial charge on any atom is -0.345 e. The van der Waals surface area contributed by atoms with Crippen LogP contribution >= 0.6 is 11.3 Å². The van der Waals surface area contributed by atoms with Crippen LogP contribution in [-0.2, 0) is 17.4 Å². The first kappa shape index (κ1) is 17.7. The van der Waals surface area contributed by atoms with Gasteiger partial charge in [0.1, 0.15) is 0 Å². The highest BCUT2D eigenvalue weighted by Gasteiger charge is 2.30. The highest BCUT2D eigenvalue weighted by Crippen LogP contribution is 2.29.